The lowest BCUT2D eigenvalue weighted by atomic mass is 10.0. The van der Waals surface area contributed by atoms with Gasteiger partial charge in [0, 0.05) is 18.8 Å². The Bertz CT molecular complexity index is 1420. The zero-order valence-electron chi connectivity index (χ0n) is 22.2. The predicted molar refractivity (Wildman–Crippen MR) is 145 cm³/mol. The second-order valence-electron chi connectivity index (χ2n) is 10.3. The number of β-amino-alcohol motifs (C(OH)–C–C–N with tert-alkyl or cyclic N) is 1. The summed E-state index contributed by atoms with van der Waals surface area (Å²) < 4.78 is 27.6. The highest BCUT2D eigenvalue weighted by Crippen LogP contribution is 2.24. The Balaban J connectivity index is 1.47. The number of carbonyl (C=O) groups is 2. The van der Waals surface area contributed by atoms with Crippen LogP contribution in [0.5, 0.6) is 0 Å². The first-order valence-electron chi connectivity index (χ1n) is 13.0. The number of fused-ring (bicyclic) bond motifs is 1. The van der Waals surface area contributed by atoms with Crippen LogP contribution in [-0.2, 0) is 14.8 Å². The summed E-state index contributed by atoms with van der Waals surface area (Å²) in [6.07, 6.45) is 2.76. The maximum absolute atomic E-state index is 13.4. The van der Waals surface area contributed by atoms with Crippen LogP contribution >= 0.6 is 0 Å². The second kappa shape index (κ2) is 12.1. The van der Waals surface area contributed by atoms with Gasteiger partial charge in [-0.2, -0.15) is 4.31 Å². The number of aliphatic hydroxyl groups is 1. The molecule has 3 aromatic rings. The molecule has 0 unspecified atom stereocenters. The molecule has 4 rings (SSSR count). The highest BCUT2D eigenvalue weighted by molar-refractivity contribution is 7.89. The van der Waals surface area contributed by atoms with Gasteiger partial charge in [-0.15, -0.1) is 0 Å². The van der Waals surface area contributed by atoms with E-state index < -0.39 is 46.1 Å². The number of aliphatic hydroxyl groups excluding tert-OH is 1. The van der Waals surface area contributed by atoms with E-state index in [0.29, 0.717) is 30.3 Å². The molecule has 0 spiro atoms. The normalized spacial score (nSPS) is 21.3. The van der Waals surface area contributed by atoms with E-state index in [9.17, 15) is 23.1 Å². The Kier molecular flexibility index (Phi) is 8.88. The smallest absolute Gasteiger partial charge is 0.272 e. The fraction of sp³-hybridized carbons (Fsp3) is 0.444. The maximum Gasteiger partial charge on any atom is 0.272 e. The number of para-hydroxylation sites is 2. The number of rotatable bonds is 8. The molecule has 2 aromatic heterocycles. The van der Waals surface area contributed by atoms with Crippen LogP contribution in [0.25, 0.3) is 11.0 Å². The molecule has 2 amide bonds. The minimum absolute atomic E-state index is 0.0850. The lowest BCUT2D eigenvalue weighted by Gasteiger charge is -2.28. The van der Waals surface area contributed by atoms with E-state index in [-0.39, 0.29) is 23.2 Å². The molecular formula is C27H34N6O5S. The Morgan fingerprint density at radius 2 is 1.79 bits per heavy atom. The van der Waals surface area contributed by atoms with Crippen molar-refractivity contribution in [2.24, 2.45) is 5.92 Å². The van der Waals surface area contributed by atoms with Gasteiger partial charge in [0.2, 0.25) is 5.91 Å². The third-order valence-electron chi connectivity index (χ3n) is 6.77. The minimum Gasteiger partial charge on any atom is -0.390 e. The molecule has 0 bridgehead atoms. The van der Waals surface area contributed by atoms with Crippen molar-refractivity contribution in [3.8, 4) is 0 Å². The summed E-state index contributed by atoms with van der Waals surface area (Å²) in [6, 6.07) is 9.82. The molecule has 0 saturated carbocycles. The number of aromatic nitrogens is 3. The summed E-state index contributed by atoms with van der Waals surface area (Å²) >= 11 is 0. The van der Waals surface area contributed by atoms with Crippen LogP contribution in [0.1, 0.15) is 50.5 Å². The van der Waals surface area contributed by atoms with Crippen molar-refractivity contribution in [1.82, 2.24) is 29.9 Å². The van der Waals surface area contributed by atoms with Crippen molar-refractivity contribution < 1.29 is 23.1 Å². The molecule has 12 heteroatoms. The van der Waals surface area contributed by atoms with Gasteiger partial charge in [0.1, 0.15) is 11.7 Å². The third-order valence-corrected chi connectivity index (χ3v) is 8.66. The Morgan fingerprint density at radius 3 is 2.49 bits per heavy atom. The van der Waals surface area contributed by atoms with Crippen molar-refractivity contribution in [1.29, 1.82) is 0 Å². The number of hydrogen-bond acceptors (Lipinski definition) is 8. The molecule has 11 nitrogen and oxygen atoms in total. The standard InChI is InChI=1S/C27H34N6O5S/c1-17(2)14-22(32-27(36)23-15-29-19-8-4-5-9-20(19)30-23)26(35)31-21-12-11-18(3)33(16-24(21)34)39(37,38)25-10-6-7-13-28-25/h4-10,13,15,17-18,21-22,24,34H,11-12,14,16H2,1-3H3,(H,31,35)(H,32,36)/t18-,21+,22+,24+/m1/s1. The molecule has 1 aliphatic rings. The van der Waals surface area contributed by atoms with E-state index in [1.807, 2.05) is 19.9 Å². The number of sulfonamides is 1. The molecule has 1 fully saturated rings. The summed E-state index contributed by atoms with van der Waals surface area (Å²) in [6.45, 7) is 5.44. The molecule has 0 aliphatic carbocycles. The topological polar surface area (TPSA) is 154 Å². The van der Waals surface area contributed by atoms with Crippen molar-refractivity contribution in [3.05, 3.63) is 60.6 Å². The highest BCUT2D eigenvalue weighted by Gasteiger charge is 2.38. The molecule has 1 saturated heterocycles. The Hall–Kier alpha value is -3.48. The van der Waals surface area contributed by atoms with E-state index in [4.69, 9.17) is 0 Å². The first kappa shape index (κ1) is 28.5. The predicted octanol–water partition coefficient (Wildman–Crippen LogP) is 1.89. The summed E-state index contributed by atoms with van der Waals surface area (Å²) in [7, 11) is -3.93. The number of pyridine rings is 1. The van der Waals surface area contributed by atoms with Crippen molar-refractivity contribution in [2.75, 3.05) is 6.54 Å². The zero-order valence-corrected chi connectivity index (χ0v) is 23.0. The molecular weight excluding hydrogens is 520 g/mol. The number of nitrogens with zero attached hydrogens (tertiary/aromatic N) is 4. The average molecular weight is 555 g/mol. The van der Waals surface area contributed by atoms with E-state index in [2.05, 4.69) is 25.6 Å². The number of hydrogen-bond donors (Lipinski definition) is 3. The van der Waals surface area contributed by atoms with Gasteiger partial charge in [0.05, 0.1) is 29.4 Å². The van der Waals surface area contributed by atoms with Crippen molar-refractivity contribution in [2.45, 2.75) is 69.3 Å². The largest absolute Gasteiger partial charge is 0.390 e. The Morgan fingerprint density at radius 1 is 1.08 bits per heavy atom. The molecule has 208 valence electrons. The quantitative estimate of drug-likeness (QED) is 0.381. The Labute approximate surface area is 228 Å². The van der Waals surface area contributed by atoms with Crippen molar-refractivity contribution in [3.63, 3.8) is 0 Å². The summed E-state index contributed by atoms with van der Waals surface area (Å²) in [5.41, 5.74) is 1.31. The average Bonchev–Trinajstić information content (AvgIpc) is 3.06. The lowest BCUT2D eigenvalue weighted by Crippen LogP contribution is -2.54. The van der Waals surface area contributed by atoms with Crippen LogP contribution < -0.4 is 10.6 Å². The maximum atomic E-state index is 13.4. The number of carbonyl (C=O) groups excluding carboxylic acids is 2. The monoisotopic (exact) mass is 554 g/mol. The first-order valence-corrected chi connectivity index (χ1v) is 14.4. The van der Waals surface area contributed by atoms with Gasteiger partial charge < -0.3 is 15.7 Å². The van der Waals surface area contributed by atoms with Crippen LogP contribution in [0.4, 0.5) is 0 Å². The molecule has 0 radical (unpaired) electrons. The molecule has 1 aromatic carbocycles. The van der Waals surface area contributed by atoms with Crippen LogP contribution in [0.15, 0.2) is 59.9 Å². The fourth-order valence-electron chi connectivity index (χ4n) is 4.66. The first-order chi connectivity index (χ1) is 18.6. The number of nitrogens with one attached hydrogen (secondary N) is 2. The zero-order chi connectivity index (χ0) is 28.2. The summed E-state index contributed by atoms with van der Waals surface area (Å²) in [5.74, 6) is -0.901. The molecule has 4 atom stereocenters. The molecule has 39 heavy (non-hydrogen) atoms. The van der Waals surface area contributed by atoms with Gasteiger partial charge >= 0.3 is 0 Å². The van der Waals surface area contributed by atoms with Crippen LogP contribution in [-0.4, -0.2) is 75.4 Å². The van der Waals surface area contributed by atoms with Crippen LogP contribution in [0, 0.1) is 5.92 Å². The van der Waals surface area contributed by atoms with Gasteiger partial charge in [-0.1, -0.05) is 32.0 Å². The highest BCUT2D eigenvalue weighted by atomic mass is 32.2. The van der Waals surface area contributed by atoms with Crippen LogP contribution in [0.3, 0.4) is 0 Å². The third kappa shape index (κ3) is 6.75. The van der Waals surface area contributed by atoms with Crippen molar-refractivity contribution >= 4 is 32.9 Å². The molecule has 1 aliphatic heterocycles. The summed E-state index contributed by atoms with van der Waals surface area (Å²) in [5, 5.41) is 16.5. The van der Waals surface area contributed by atoms with Gasteiger partial charge in [-0.05, 0) is 56.4 Å². The second-order valence-corrected chi connectivity index (χ2v) is 12.1. The van der Waals surface area contributed by atoms with Crippen LogP contribution in [0.2, 0.25) is 0 Å². The van der Waals surface area contributed by atoms with Gasteiger partial charge in [-0.25, -0.2) is 18.4 Å². The minimum atomic E-state index is -3.93. The van der Waals surface area contributed by atoms with E-state index in [1.54, 1.807) is 37.3 Å². The lowest BCUT2D eigenvalue weighted by molar-refractivity contribution is -0.125. The van der Waals surface area contributed by atoms with E-state index in [0.717, 1.165) is 0 Å². The fourth-order valence-corrected chi connectivity index (χ4v) is 6.27. The molecule has 3 N–H and O–H groups in total. The van der Waals surface area contributed by atoms with E-state index in [1.165, 1.54) is 22.8 Å². The summed E-state index contributed by atoms with van der Waals surface area (Å²) in [4.78, 5) is 39.0. The molecule has 3 heterocycles. The van der Waals surface area contributed by atoms with E-state index >= 15 is 0 Å². The van der Waals surface area contributed by atoms with Gasteiger partial charge in [-0.3, -0.25) is 14.6 Å². The van der Waals surface area contributed by atoms with Gasteiger partial charge in [0.15, 0.2) is 5.03 Å². The SMILES string of the molecule is CC(C)C[C@H](NC(=O)c1cnc2ccccc2n1)C(=O)N[C@H]1CC[C@@H](C)N(S(=O)(=O)c2ccccn2)C[C@@H]1O. The number of amides is 2. The van der Waals surface area contributed by atoms with Gasteiger partial charge in [0.25, 0.3) is 15.9 Å². The number of benzene rings is 1.